The van der Waals surface area contributed by atoms with Crippen molar-refractivity contribution in [1.82, 2.24) is 24.4 Å². The summed E-state index contributed by atoms with van der Waals surface area (Å²) < 4.78 is 43.1. The van der Waals surface area contributed by atoms with Crippen molar-refractivity contribution in [3.63, 3.8) is 0 Å². The maximum Gasteiger partial charge on any atom is 0.522 e. The van der Waals surface area contributed by atoms with Gasteiger partial charge >= 0.3 is 12.3 Å². The van der Waals surface area contributed by atoms with Crippen molar-refractivity contribution in [1.29, 1.82) is 5.26 Å². The van der Waals surface area contributed by atoms with Gasteiger partial charge in [-0.3, -0.25) is 19.1 Å². The van der Waals surface area contributed by atoms with E-state index in [1.165, 1.54) is 28.3 Å². The molecular formula is C35H29ClF3N7O4S. The number of fused-ring (bicyclic) bond motifs is 2. The number of aromatic nitrogens is 4. The Morgan fingerprint density at radius 2 is 1.98 bits per heavy atom. The molecule has 0 amide bonds. The number of ether oxygens (including phenoxy) is 1. The van der Waals surface area contributed by atoms with E-state index in [4.69, 9.17) is 11.6 Å². The van der Waals surface area contributed by atoms with Crippen molar-refractivity contribution in [2.45, 2.75) is 38.7 Å². The van der Waals surface area contributed by atoms with E-state index in [0.29, 0.717) is 69.5 Å². The van der Waals surface area contributed by atoms with Gasteiger partial charge in [0.05, 0.1) is 46.0 Å². The molecule has 0 radical (unpaired) electrons. The Labute approximate surface area is 298 Å². The van der Waals surface area contributed by atoms with Gasteiger partial charge in [0.15, 0.2) is 0 Å². The third kappa shape index (κ3) is 7.52. The molecule has 0 bridgehead atoms. The van der Waals surface area contributed by atoms with Crippen molar-refractivity contribution >= 4 is 55.8 Å². The minimum atomic E-state index is -4.67. The highest BCUT2D eigenvalue weighted by atomic mass is 35.5. The molecule has 0 spiro atoms. The third-order valence-corrected chi connectivity index (χ3v) is 10.0. The zero-order chi connectivity index (χ0) is 36.4. The van der Waals surface area contributed by atoms with Gasteiger partial charge < -0.3 is 14.9 Å². The van der Waals surface area contributed by atoms with Crippen LogP contribution in [0.25, 0.3) is 32.2 Å². The summed E-state index contributed by atoms with van der Waals surface area (Å²) in [5.41, 5.74) is 2.35. The lowest BCUT2D eigenvalue weighted by molar-refractivity contribution is -0.325. The normalized spacial score (nSPS) is 14.0. The number of nitriles is 1. The number of rotatable bonds is 8. The van der Waals surface area contributed by atoms with E-state index in [-0.39, 0.29) is 41.2 Å². The van der Waals surface area contributed by atoms with Gasteiger partial charge in [-0.15, -0.1) is 24.5 Å². The van der Waals surface area contributed by atoms with Gasteiger partial charge in [0.1, 0.15) is 23.3 Å². The molecule has 0 aliphatic carbocycles. The molecule has 6 rings (SSSR count). The van der Waals surface area contributed by atoms with E-state index >= 15 is 0 Å². The van der Waals surface area contributed by atoms with E-state index in [1.807, 2.05) is 9.80 Å². The Bertz CT molecular complexity index is 2320. The summed E-state index contributed by atoms with van der Waals surface area (Å²) in [5, 5.41) is 22.0. The Morgan fingerprint density at radius 1 is 1.22 bits per heavy atom. The second kappa shape index (κ2) is 14.7. The highest BCUT2D eigenvalue weighted by Gasteiger charge is 2.30. The summed E-state index contributed by atoms with van der Waals surface area (Å²) >= 11 is 7.63. The largest absolute Gasteiger partial charge is 0.522 e. The first-order chi connectivity index (χ1) is 24.4. The first-order valence-electron chi connectivity index (χ1n) is 15.7. The lowest BCUT2D eigenvalue weighted by Crippen LogP contribution is -2.45. The number of carboxylic acid groups (broad SMARTS) is 1. The summed E-state index contributed by atoms with van der Waals surface area (Å²) in [4.78, 5) is 42.7. The average Bonchev–Trinajstić information content (AvgIpc) is 3.54. The maximum atomic E-state index is 14.0. The number of carbonyl (C=O) groups is 1. The average molecular weight is 736 g/mol. The number of hydrogen-bond donors (Lipinski definition) is 1. The Kier molecular flexibility index (Phi) is 10.3. The predicted molar refractivity (Wildman–Crippen MR) is 187 cm³/mol. The molecule has 5 aromatic rings. The summed E-state index contributed by atoms with van der Waals surface area (Å²) in [6.45, 7) is 2.40. The number of pyridine rings is 2. The predicted octanol–water partition coefficient (Wildman–Crippen LogP) is 6.09. The smallest absolute Gasteiger partial charge is 0.478 e. The summed E-state index contributed by atoms with van der Waals surface area (Å²) in [7, 11) is 1.78. The fourth-order valence-corrected chi connectivity index (χ4v) is 7.42. The van der Waals surface area contributed by atoms with Crippen LogP contribution in [-0.2, 0) is 11.3 Å². The maximum absolute atomic E-state index is 14.0. The first-order valence-corrected chi connectivity index (χ1v) is 17.0. The molecule has 51 heavy (non-hydrogen) atoms. The molecule has 11 nitrogen and oxygen atoms in total. The number of nitrogens with zero attached hydrogens (tertiary/aromatic N) is 7. The number of anilines is 1. The number of carboxylic acids is 1. The second-order valence-corrected chi connectivity index (χ2v) is 13.2. The lowest BCUT2D eigenvalue weighted by Gasteiger charge is -2.37. The second-order valence-electron chi connectivity index (χ2n) is 11.8. The van der Waals surface area contributed by atoms with Crippen molar-refractivity contribution in [3.05, 3.63) is 79.9 Å². The van der Waals surface area contributed by atoms with Crippen LogP contribution >= 0.6 is 22.9 Å². The Hall–Kier alpha value is -5.06. The monoisotopic (exact) mass is 735 g/mol. The van der Waals surface area contributed by atoms with Crippen molar-refractivity contribution in [2.24, 2.45) is 0 Å². The number of hydrogen-bond acceptors (Lipinski definition) is 10. The van der Waals surface area contributed by atoms with Crippen LogP contribution in [-0.4, -0.2) is 81.2 Å². The van der Waals surface area contributed by atoms with Gasteiger partial charge in [-0.25, -0.2) is 14.8 Å². The van der Waals surface area contributed by atoms with E-state index in [9.17, 15) is 33.1 Å². The Morgan fingerprint density at radius 3 is 2.69 bits per heavy atom. The number of benzene rings is 1. The van der Waals surface area contributed by atoms with E-state index in [2.05, 4.69) is 37.6 Å². The van der Waals surface area contributed by atoms with Gasteiger partial charge in [0, 0.05) is 66.0 Å². The van der Waals surface area contributed by atoms with Gasteiger partial charge in [-0.1, -0.05) is 23.4 Å². The van der Waals surface area contributed by atoms with Crippen LogP contribution in [0.1, 0.15) is 40.2 Å². The minimum absolute atomic E-state index is 0.0432. The molecule has 1 N–H and O–H groups in total. The van der Waals surface area contributed by atoms with Gasteiger partial charge in [0.25, 0.3) is 5.56 Å². The Balaban J connectivity index is 1.27. The van der Waals surface area contributed by atoms with E-state index in [0.717, 1.165) is 0 Å². The number of likely N-dealkylation sites (tertiary alicyclic amines) is 1. The zero-order valence-electron chi connectivity index (χ0n) is 27.3. The van der Waals surface area contributed by atoms with Crippen LogP contribution in [0.3, 0.4) is 0 Å². The van der Waals surface area contributed by atoms with Crippen LogP contribution in [0.15, 0.2) is 46.8 Å². The lowest BCUT2D eigenvalue weighted by atomic mass is 10.00. The molecule has 0 saturated carbocycles. The van der Waals surface area contributed by atoms with Crippen LogP contribution < -0.4 is 10.5 Å². The fraction of sp³-hybridized carbons (Fsp3) is 0.314. The summed E-state index contributed by atoms with van der Waals surface area (Å²) in [6.07, 6.45) is -0.436. The standard InChI is InChI=1S/C35H29ClF3N7O4S/c1-20-43-28-18-42-32(44(2)23-8-12-45(13-9-23)14-15-50-35(37,38)39)26(17-40)29(28)33(47)46(20)11-3-4-21-5-6-22(36)16-25(21)24-7-10-41-30-27(34(48)49)19-51-31(24)30/h5-7,10,16,18-19,23H,8-9,11-15H2,1-2H3,(H,48,49). The quantitative estimate of drug-likeness (QED) is 0.187. The molecule has 1 aliphatic rings. The van der Waals surface area contributed by atoms with Gasteiger partial charge in [0.2, 0.25) is 0 Å². The molecule has 262 valence electrons. The van der Waals surface area contributed by atoms with Gasteiger partial charge in [-0.2, -0.15) is 5.26 Å². The van der Waals surface area contributed by atoms with Crippen LogP contribution in [0.4, 0.5) is 19.0 Å². The number of piperidine rings is 1. The van der Waals surface area contributed by atoms with Crippen LogP contribution in [0.5, 0.6) is 0 Å². The van der Waals surface area contributed by atoms with E-state index < -0.39 is 24.5 Å². The molecule has 16 heteroatoms. The molecule has 0 atom stereocenters. The number of halogens is 4. The third-order valence-electron chi connectivity index (χ3n) is 8.81. The highest BCUT2D eigenvalue weighted by Crippen LogP contribution is 2.36. The molecule has 1 aromatic carbocycles. The van der Waals surface area contributed by atoms with E-state index in [1.54, 1.807) is 43.6 Å². The number of aromatic carboxylic acids is 1. The molecule has 1 aliphatic heterocycles. The SMILES string of the molecule is Cc1nc2cnc(N(C)C3CCN(CCOC(F)(F)F)CC3)c(C#N)c2c(=O)n1CC#Cc1ccc(Cl)cc1-c1ccnc2c(C(=O)O)csc12. The van der Waals surface area contributed by atoms with Crippen molar-refractivity contribution < 1.29 is 27.8 Å². The number of aryl methyl sites for hydroxylation is 1. The molecule has 1 fully saturated rings. The number of alkyl halides is 3. The number of thiophene rings is 1. The summed E-state index contributed by atoms with van der Waals surface area (Å²) in [5.74, 6) is 5.80. The molecule has 5 heterocycles. The minimum Gasteiger partial charge on any atom is -0.478 e. The van der Waals surface area contributed by atoms with Crippen LogP contribution in [0.2, 0.25) is 5.02 Å². The topological polar surface area (TPSA) is 137 Å². The highest BCUT2D eigenvalue weighted by molar-refractivity contribution is 7.18. The zero-order valence-corrected chi connectivity index (χ0v) is 28.9. The molecular weight excluding hydrogens is 707 g/mol. The molecule has 4 aromatic heterocycles. The van der Waals surface area contributed by atoms with Gasteiger partial charge in [-0.05, 0) is 44.0 Å². The van der Waals surface area contributed by atoms with Crippen molar-refractivity contribution in [3.8, 4) is 29.0 Å². The van der Waals surface area contributed by atoms with Crippen molar-refractivity contribution in [2.75, 3.05) is 38.2 Å². The van der Waals surface area contributed by atoms with Crippen LogP contribution in [0, 0.1) is 30.1 Å². The molecule has 1 saturated heterocycles. The summed E-state index contributed by atoms with van der Waals surface area (Å²) in [6, 6.07) is 9.04. The molecule has 0 unspecified atom stereocenters. The fourth-order valence-electron chi connectivity index (χ4n) is 6.22. The first kappa shape index (κ1) is 35.8.